The summed E-state index contributed by atoms with van der Waals surface area (Å²) in [4.78, 5) is 23.0. The number of thiophene rings is 1. The Morgan fingerprint density at radius 2 is 2.17 bits per heavy atom. The minimum Gasteiger partial charge on any atom is -0.355 e. The third-order valence-corrected chi connectivity index (χ3v) is 4.97. The summed E-state index contributed by atoms with van der Waals surface area (Å²) in [5.41, 5.74) is 0. The molecule has 0 aliphatic carbocycles. The molecule has 1 unspecified atom stereocenters. The van der Waals surface area contributed by atoms with Crippen LogP contribution in [-0.4, -0.2) is 35.0 Å². The van der Waals surface area contributed by atoms with Gasteiger partial charge in [0.15, 0.2) is 0 Å². The lowest BCUT2D eigenvalue weighted by Gasteiger charge is -2.23. The number of aromatic nitrogens is 2. The summed E-state index contributed by atoms with van der Waals surface area (Å²) in [5.74, 6) is 0.748. The van der Waals surface area contributed by atoms with E-state index in [9.17, 15) is 18.0 Å². The van der Waals surface area contributed by atoms with Gasteiger partial charge in [-0.05, 0) is 12.5 Å². The van der Waals surface area contributed by atoms with Gasteiger partial charge in [0.25, 0.3) is 0 Å². The molecular weight excluding hydrogens is 327 g/mol. The molecule has 1 aliphatic heterocycles. The molecule has 0 N–H and O–H groups in total. The zero-order chi connectivity index (χ0) is 16.6. The third kappa shape index (κ3) is 3.63. The fourth-order valence-corrected chi connectivity index (χ4v) is 3.86. The first kappa shape index (κ1) is 16.2. The minimum absolute atomic E-state index is 0.101. The molecule has 1 fully saturated rings. The number of anilines is 1. The van der Waals surface area contributed by atoms with E-state index in [1.165, 1.54) is 12.4 Å². The Kier molecular flexibility index (Phi) is 4.27. The van der Waals surface area contributed by atoms with Crippen molar-refractivity contribution >= 4 is 33.2 Å². The third-order valence-electron chi connectivity index (χ3n) is 3.93. The SMILES string of the molecule is CC1CN(c2ncnc3sc(CC(F)(F)F)cc23)CCCC1=O. The van der Waals surface area contributed by atoms with Gasteiger partial charge in [-0.1, -0.05) is 6.92 Å². The Bertz CT molecular complexity index is 728. The fraction of sp³-hybridized carbons (Fsp3) is 0.533. The van der Waals surface area contributed by atoms with E-state index in [1.807, 2.05) is 11.8 Å². The molecular formula is C15H16F3N3OS. The van der Waals surface area contributed by atoms with Gasteiger partial charge in [-0.15, -0.1) is 11.3 Å². The van der Waals surface area contributed by atoms with Crippen LogP contribution in [0.4, 0.5) is 19.0 Å². The van der Waals surface area contributed by atoms with Gasteiger partial charge in [-0.2, -0.15) is 13.2 Å². The van der Waals surface area contributed by atoms with E-state index in [1.54, 1.807) is 0 Å². The van der Waals surface area contributed by atoms with Crippen LogP contribution in [0.15, 0.2) is 12.4 Å². The van der Waals surface area contributed by atoms with E-state index in [4.69, 9.17) is 0 Å². The maximum absolute atomic E-state index is 12.6. The normalized spacial score (nSPS) is 20.1. The number of hydrogen-bond acceptors (Lipinski definition) is 5. The van der Waals surface area contributed by atoms with E-state index in [2.05, 4.69) is 9.97 Å². The fourth-order valence-electron chi connectivity index (χ4n) is 2.84. The Labute approximate surface area is 135 Å². The van der Waals surface area contributed by atoms with Gasteiger partial charge in [-0.25, -0.2) is 9.97 Å². The lowest BCUT2D eigenvalue weighted by atomic mass is 10.0. The summed E-state index contributed by atoms with van der Waals surface area (Å²) in [7, 11) is 0. The molecule has 1 atom stereocenters. The van der Waals surface area contributed by atoms with Gasteiger partial charge in [0.1, 0.15) is 22.8 Å². The van der Waals surface area contributed by atoms with Crippen LogP contribution in [-0.2, 0) is 11.2 Å². The number of carbonyl (C=O) groups is 1. The highest BCUT2D eigenvalue weighted by molar-refractivity contribution is 7.18. The number of Topliss-reactive ketones (excluding diaryl/α,β-unsaturated/α-hetero) is 1. The molecule has 3 rings (SSSR count). The Hall–Kier alpha value is -1.70. The van der Waals surface area contributed by atoms with Crippen LogP contribution >= 0.6 is 11.3 Å². The van der Waals surface area contributed by atoms with Crippen molar-refractivity contribution in [3.8, 4) is 0 Å². The standard InChI is InChI=1S/C15H16F3N3OS/c1-9-7-21(4-2-3-12(9)22)13-11-5-10(6-15(16,17)18)23-14(11)20-8-19-13/h5,8-9H,2-4,6-7H2,1H3. The van der Waals surface area contributed by atoms with E-state index >= 15 is 0 Å². The number of carbonyl (C=O) groups excluding carboxylic acids is 1. The van der Waals surface area contributed by atoms with Gasteiger partial charge in [0, 0.05) is 30.3 Å². The van der Waals surface area contributed by atoms with Crippen molar-refractivity contribution in [1.82, 2.24) is 9.97 Å². The number of alkyl halides is 3. The molecule has 4 nitrogen and oxygen atoms in total. The average molecular weight is 343 g/mol. The second-order valence-corrected chi connectivity index (χ2v) is 6.95. The summed E-state index contributed by atoms with van der Waals surface area (Å²) in [5, 5.41) is 0.637. The lowest BCUT2D eigenvalue weighted by molar-refractivity contribution is -0.126. The minimum atomic E-state index is -4.24. The monoisotopic (exact) mass is 343 g/mol. The molecule has 1 aliphatic rings. The molecule has 1 saturated heterocycles. The van der Waals surface area contributed by atoms with Crippen LogP contribution in [0.1, 0.15) is 24.6 Å². The van der Waals surface area contributed by atoms with Crippen molar-refractivity contribution in [2.45, 2.75) is 32.4 Å². The number of ketones is 1. The van der Waals surface area contributed by atoms with E-state index in [0.29, 0.717) is 35.5 Å². The number of halogens is 3. The summed E-state index contributed by atoms with van der Waals surface area (Å²) in [6.07, 6.45) is -2.55. The number of rotatable bonds is 2. The molecule has 2 aromatic rings. The highest BCUT2D eigenvalue weighted by atomic mass is 32.1. The van der Waals surface area contributed by atoms with Crippen molar-refractivity contribution < 1.29 is 18.0 Å². The Morgan fingerprint density at radius 1 is 1.39 bits per heavy atom. The predicted molar refractivity (Wildman–Crippen MR) is 82.8 cm³/mol. The van der Waals surface area contributed by atoms with Gasteiger partial charge in [-0.3, -0.25) is 4.79 Å². The van der Waals surface area contributed by atoms with E-state index < -0.39 is 12.6 Å². The summed E-state index contributed by atoms with van der Waals surface area (Å²) in [6, 6.07) is 1.53. The second kappa shape index (κ2) is 6.07. The van der Waals surface area contributed by atoms with Gasteiger partial charge in [0.05, 0.1) is 11.8 Å². The molecule has 3 heterocycles. The molecule has 0 saturated carbocycles. The average Bonchev–Trinajstić information content (AvgIpc) is 2.77. The highest BCUT2D eigenvalue weighted by Crippen LogP contribution is 2.34. The quantitative estimate of drug-likeness (QED) is 0.836. The van der Waals surface area contributed by atoms with Crippen LogP contribution in [0.2, 0.25) is 0 Å². The van der Waals surface area contributed by atoms with Crippen LogP contribution < -0.4 is 4.90 Å². The molecule has 0 amide bonds. The summed E-state index contributed by atoms with van der Waals surface area (Å²) < 4.78 is 37.8. The maximum atomic E-state index is 12.6. The molecule has 23 heavy (non-hydrogen) atoms. The van der Waals surface area contributed by atoms with Gasteiger partial charge >= 0.3 is 6.18 Å². The zero-order valence-corrected chi connectivity index (χ0v) is 13.4. The highest BCUT2D eigenvalue weighted by Gasteiger charge is 2.30. The van der Waals surface area contributed by atoms with Crippen molar-refractivity contribution in [3.63, 3.8) is 0 Å². The molecule has 2 aromatic heterocycles. The Morgan fingerprint density at radius 3 is 2.91 bits per heavy atom. The molecule has 8 heteroatoms. The van der Waals surface area contributed by atoms with E-state index in [0.717, 1.165) is 17.8 Å². The van der Waals surface area contributed by atoms with Crippen molar-refractivity contribution in [2.75, 3.05) is 18.0 Å². The van der Waals surface area contributed by atoms with Gasteiger partial charge in [0.2, 0.25) is 0 Å². The first-order valence-corrected chi connectivity index (χ1v) is 8.23. The number of hydrogen-bond donors (Lipinski definition) is 0. The first-order valence-electron chi connectivity index (χ1n) is 7.41. The molecule has 0 bridgehead atoms. The zero-order valence-electron chi connectivity index (χ0n) is 12.6. The Balaban J connectivity index is 1.95. The predicted octanol–water partition coefficient (Wildman–Crippen LogP) is 3.60. The molecule has 124 valence electrons. The van der Waals surface area contributed by atoms with Crippen LogP contribution in [0.3, 0.4) is 0 Å². The number of fused-ring (bicyclic) bond motifs is 1. The van der Waals surface area contributed by atoms with Crippen LogP contribution in [0.5, 0.6) is 0 Å². The largest absolute Gasteiger partial charge is 0.393 e. The summed E-state index contributed by atoms with van der Waals surface area (Å²) in [6.45, 7) is 3.09. The van der Waals surface area contributed by atoms with Crippen LogP contribution in [0.25, 0.3) is 10.2 Å². The second-order valence-electron chi connectivity index (χ2n) is 5.84. The molecule has 0 aromatic carbocycles. The van der Waals surface area contributed by atoms with Crippen molar-refractivity contribution in [2.24, 2.45) is 5.92 Å². The maximum Gasteiger partial charge on any atom is 0.393 e. The van der Waals surface area contributed by atoms with Crippen LogP contribution in [0, 0.1) is 5.92 Å². The van der Waals surface area contributed by atoms with E-state index in [-0.39, 0.29) is 16.6 Å². The first-order chi connectivity index (χ1) is 10.8. The van der Waals surface area contributed by atoms with Gasteiger partial charge < -0.3 is 4.90 Å². The summed E-state index contributed by atoms with van der Waals surface area (Å²) >= 11 is 1.04. The topological polar surface area (TPSA) is 46.1 Å². The van der Waals surface area contributed by atoms with Crippen molar-refractivity contribution in [3.05, 3.63) is 17.3 Å². The smallest absolute Gasteiger partial charge is 0.355 e. The molecule has 0 spiro atoms. The lowest BCUT2D eigenvalue weighted by Crippen LogP contribution is -2.29. The van der Waals surface area contributed by atoms with Crippen molar-refractivity contribution in [1.29, 1.82) is 0 Å². The number of nitrogens with zero attached hydrogens (tertiary/aromatic N) is 3. The molecule has 0 radical (unpaired) electrons.